The zero-order valence-corrected chi connectivity index (χ0v) is 10.3. The Morgan fingerprint density at radius 2 is 2.26 bits per heavy atom. The van der Waals surface area contributed by atoms with Gasteiger partial charge in [0.15, 0.2) is 5.84 Å². The van der Waals surface area contributed by atoms with Gasteiger partial charge in [0.1, 0.15) is 5.69 Å². The van der Waals surface area contributed by atoms with Gasteiger partial charge in [-0.05, 0) is 24.6 Å². The number of oxime groups is 1. The number of nitrogens with one attached hydrogen (secondary N) is 1. The molecule has 1 aromatic heterocycles. The van der Waals surface area contributed by atoms with Gasteiger partial charge in [0.25, 0.3) is 0 Å². The average molecular weight is 276 g/mol. The Balaban J connectivity index is 2.59. The van der Waals surface area contributed by atoms with E-state index in [1.165, 1.54) is 13.1 Å². The van der Waals surface area contributed by atoms with E-state index < -0.39 is 18.6 Å². The van der Waals surface area contributed by atoms with Crippen LogP contribution >= 0.6 is 0 Å². The molecule has 4 N–H and O–H groups in total. The predicted octanol–water partition coefficient (Wildman–Crippen LogP) is 1.61. The second-order valence-corrected chi connectivity index (χ2v) is 4.14. The van der Waals surface area contributed by atoms with Crippen LogP contribution in [-0.2, 0) is 6.54 Å². The summed E-state index contributed by atoms with van der Waals surface area (Å²) in [5, 5.41) is 14.1. The maximum Gasteiger partial charge on any atom is 0.390 e. The Morgan fingerprint density at radius 1 is 1.58 bits per heavy atom. The van der Waals surface area contributed by atoms with Crippen LogP contribution in [0.5, 0.6) is 0 Å². The normalized spacial score (nSPS) is 14.4. The van der Waals surface area contributed by atoms with Crippen molar-refractivity contribution in [1.82, 2.24) is 10.3 Å². The Hall–Kier alpha value is -1.83. The van der Waals surface area contributed by atoms with Crippen molar-refractivity contribution in [2.24, 2.45) is 10.9 Å². The van der Waals surface area contributed by atoms with E-state index in [9.17, 15) is 13.2 Å². The second kappa shape index (κ2) is 6.37. The van der Waals surface area contributed by atoms with Crippen LogP contribution in [0.3, 0.4) is 0 Å². The number of aromatic nitrogens is 1. The lowest BCUT2D eigenvalue weighted by Crippen LogP contribution is -2.30. The fourth-order valence-corrected chi connectivity index (χ4v) is 1.49. The van der Waals surface area contributed by atoms with E-state index in [1.807, 2.05) is 0 Å². The van der Waals surface area contributed by atoms with Crippen molar-refractivity contribution in [3.05, 3.63) is 29.6 Å². The maximum absolute atomic E-state index is 12.1. The molecule has 0 fully saturated rings. The van der Waals surface area contributed by atoms with Gasteiger partial charge >= 0.3 is 6.18 Å². The molecular formula is C11H15F3N4O. The van der Waals surface area contributed by atoms with Gasteiger partial charge in [0.05, 0.1) is 6.42 Å². The molecule has 0 radical (unpaired) electrons. The highest BCUT2D eigenvalue weighted by Crippen LogP contribution is 2.21. The molecule has 0 saturated carbocycles. The maximum atomic E-state index is 12.1. The molecule has 19 heavy (non-hydrogen) atoms. The zero-order chi connectivity index (χ0) is 14.5. The van der Waals surface area contributed by atoms with Crippen molar-refractivity contribution in [1.29, 1.82) is 0 Å². The number of alkyl halides is 3. The van der Waals surface area contributed by atoms with Gasteiger partial charge in [-0.25, -0.2) is 0 Å². The fourth-order valence-electron chi connectivity index (χ4n) is 1.49. The number of hydrogen-bond acceptors (Lipinski definition) is 4. The first-order chi connectivity index (χ1) is 8.81. The molecule has 0 aliphatic carbocycles. The number of hydrogen-bond donors (Lipinski definition) is 3. The van der Waals surface area contributed by atoms with Crippen molar-refractivity contribution in [2.45, 2.75) is 32.1 Å². The quantitative estimate of drug-likeness (QED) is 0.330. The molecule has 0 aromatic carbocycles. The van der Waals surface area contributed by atoms with E-state index in [2.05, 4.69) is 15.5 Å². The highest BCUT2D eigenvalue weighted by atomic mass is 19.4. The molecule has 0 amide bonds. The van der Waals surface area contributed by atoms with Crippen molar-refractivity contribution in [3.8, 4) is 0 Å². The molecule has 5 nitrogen and oxygen atoms in total. The molecule has 1 heterocycles. The Bertz CT molecular complexity index is 448. The molecule has 1 aromatic rings. The fraction of sp³-hybridized carbons (Fsp3) is 0.455. The minimum Gasteiger partial charge on any atom is -0.409 e. The molecular weight excluding hydrogens is 261 g/mol. The number of nitrogens with two attached hydrogens (primary N) is 1. The van der Waals surface area contributed by atoms with Crippen molar-refractivity contribution in [2.75, 3.05) is 0 Å². The van der Waals surface area contributed by atoms with Gasteiger partial charge in [-0.3, -0.25) is 4.98 Å². The molecule has 0 spiro atoms. The molecule has 0 bridgehead atoms. The van der Waals surface area contributed by atoms with Crippen LogP contribution in [0.15, 0.2) is 23.5 Å². The highest BCUT2D eigenvalue weighted by Gasteiger charge is 2.29. The molecule has 0 aliphatic rings. The van der Waals surface area contributed by atoms with E-state index >= 15 is 0 Å². The van der Waals surface area contributed by atoms with Gasteiger partial charge in [-0.1, -0.05) is 5.16 Å². The van der Waals surface area contributed by atoms with Crippen LogP contribution in [0, 0.1) is 0 Å². The van der Waals surface area contributed by atoms with E-state index in [4.69, 9.17) is 10.9 Å². The molecule has 8 heteroatoms. The third-order valence-corrected chi connectivity index (χ3v) is 2.39. The summed E-state index contributed by atoms with van der Waals surface area (Å²) in [6.45, 7) is 1.70. The van der Waals surface area contributed by atoms with Crippen molar-refractivity contribution >= 4 is 5.84 Å². The summed E-state index contributed by atoms with van der Waals surface area (Å²) < 4.78 is 36.4. The van der Waals surface area contributed by atoms with Gasteiger partial charge < -0.3 is 16.3 Å². The van der Waals surface area contributed by atoms with E-state index in [1.54, 1.807) is 12.1 Å². The minimum atomic E-state index is -4.19. The summed E-state index contributed by atoms with van der Waals surface area (Å²) in [4.78, 5) is 3.87. The van der Waals surface area contributed by atoms with Gasteiger partial charge in [0.2, 0.25) is 0 Å². The number of nitrogens with zero attached hydrogens (tertiary/aromatic N) is 2. The smallest absolute Gasteiger partial charge is 0.390 e. The lowest BCUT2D eigenvalue weighted by atomic mass is 10.2. The standard InChI is InChI=1S/C11H15F3N4O/c1-7(5-11(12,13)14)17-6-8-2-3-16-9(4-8)10(15)18-19/h2-4,7,17,19H,5-6H2,1H3,(H2,15,18). The van der Waals surface area contributed by atoms with Crippen LogP contribution in [0.4, 0.5) is 13.2 Å². The largest absolute Gasteiger partial charge is 0.409 e. The van der Waals surface area contributed by atoms with Crippen LogP contribution in [0.25, 0.3) is 0 Å². The highest BCUT2D eigenvalue weighted by molar-refractivity contribution is 5.95. The first-order valence-corrected chi connectivity index (χ1v) is 5.55. The van der Waals surface area contributed by atoms with Crippen LogP contribution in [-0.4, -0.2) is 28.2 Å². The van der Waals surface area contributed by atoms with E-state index in [-0.39, 0.29) is 18.1 Å². The van der Waals surface area contributed by atoms with Crippen LogP contribution in [0.2, 0.25) is 0 Å². The van der Waals surface area contributed by atoms with Crippen molar-refractivity contribution in [3.63, 3.8) is 0 Å². The van der Waals surface area contributed by atoms with Crippen molar-refractivity contribution < 1.29 is 18.4 Å². The van der Waals surface area contributed by atoms with Crippen LogP contribution in [0.1, 0.15) is 24.6 Å². The minimum absolute atomic E-state index is 0.148. The van der Waals surface area contributed by atoms with Crippen LogP contribution < -0.4 is 11.1 Å². The lowest BCUT2D eigenvalue weighted by Gasteiger charge is -2.15. The second-order valence-electron chi connectivity index (χ2n) is 4.14. The SMILES string of the molecule is CC(CC(F)(F)F)NCc1ccnc(/C(N)=N/O)c1. The molecule has 0 aliphatic heterocycles. The third-order valence-electron chi connectivity index (χ3n) is 2.39. The third kappa shape index (κ3) is 5.56. The molecule has 1 atom stereocenters. The van der Waals surface area contributed by atoms with Gasteiger partial charge in [-0.2, -0.15) is 13.2 Å². The molecule has 0 saturated heterocycles. The lowest BCUT2D eigenvalue weighted by molar-refractivity contribution is -0.139. The first-order valence-electron chi connectivity index (χ1n) is 5.55. The zero-order valence-electron chi connectivity index (χ0n) is 10.3. The topological polar surface area (TPSA) is 83.5 Å². The Kier molecular flexibility index (Phi) is 5.11. The summed E-state index contributed by atoms with van der Waals surface area (Å²) in [6.07, 6.45) is -3.65. The summed E-state index contributed by atoms with van der Waals surface area (Å²) in [5.74, 6) is -0.148. The number of halogens is 3. The Labute approximate surface area is 108 Å². The number of pyridine rings is 1. The predicted molar refractivity (Wildman–Crippen MR) is 63.7 cm³/mol. The molecule has 1 unspecified atom stereocenters. The van der Waals surface area contributed by atoms with E-state index in [0.717, 1.165) is 0 Å². The summed E-state index contributed by atoms with van der Waals surface area (Å²) in [7, 11) is 0. The summed E-state index contributed by atoms with van der Waals surface area (Å²) in [5.41, 5.74) is 6.34. The summed E-state index contributed by atoms with van der Waals surface area (Å²) in [6, 6.07) is 2.49. The van der Waals surface area contributed by atoms with Gasteiger partial charge in [-0.15, -0.1) is 0 Å². The Morgan fingerprint density at radius 3 is 2.84 bits per heavy atom. The monoisotopic (exact) mass is 276 g/mol. The number of rotatable bonds is 5. The first kappa shape index (κ1) is 15.2. The van der Waals surface area contributed by atoms with Gasteiger partial charge in [0, 0.05) is 18.8 Å². The summed E-state index contributed by atoms with van der Waals surface area (Å²) >= 11 is 0. The number of amidine groups is 1. The molecule has 106 valence electrons. The average Bonchev–Trinajstić information content (AvgIpc) is 2.34. The van der Waals surface area contributed by atoms with E-state index in [0.29, 0.717) is 5.56 Å². The molecule has 1 rings (SSSR count).